The summed E-state index contributed by atoms with van der Waals surface area (Å²) < 4.78 is 0. The Hall–Kier alpha value is -2.43. The van der Waals surface area contributed by atoms with Crippen molar-refractivity contribution in [1.82, 2.24) is 14.9 Å². The van der Waals surface area contributed by atoms with Crippen LogP contribution in [0, 0.1) is 13.8 Å². The summed E-state index contributed by atoms with van der Waals surface area (Å²) in [6, 6.07) is 13.9. The van der Waals surface area contributed by atoms with Gasteiger partial charge in [0.15, 0.2) is 0 Å². The van der Waals surface area contributed by atoms with Crippen LogP contribution in [0.5, 0.6) is 0 Å². The fraction of sp³-hybridized carbons (Fsp3) is 0.273. The zero-order chi connectivity index (χ0) is 19.0. The number of hydrogen-bond acceptors (Lipinski definition) is 3. The topological polar surface area (TPSA) is 49.0 Å². The molecule has 4 nitrogen and oxygen atoms in total. The highest BCUT2D eigenvalue weighted by molar-refractivity contribution is 6.30. The van der Waals surface area contributed by atoms with E-state index in [1.807, 2.05) is 24.3 Å². The van der Waals surface area contributed by atoms with Gasteiger partial charge in [-0.2, -0.15) is 0 Å². The highest BCUT2D eigenvalue weighted by Gasteiger charge is 2.22. The highest BCUT2D eigenvalue weighted by atomic mass is 35.5. The van der Waals surface area contributed by atoms with E-state index in [2.05, 4.69) is 41.9 Å². The van der Waals surface area contributed by atoms with Gasteiger partial charge in [-0.1, -0.05) is 35.4 Å². The van der Waals surface area contributed by atoms with Crippen molar-refractivity contribution in [3.05, 3.63) is 85.8 Å². The first-order valence-electron chi connectivity index (χ1n) is 9.16. The number of nitrogens with one attached hydrogen (secondary N) is 1. The third kappa shape index (κ3) is 3.82. The number of nitrogens with zero attached hydrogens (tertiary/aromatic N) is 2. The molecule has 1 aliphatic heterocycles. The number of aromatic nitrogens is 2. The summed E-state index contributed by atoms with van der Waals surface area (Å²) in [6.07, 6.45) is 0.782. The Balaban J connectivity index is 1.59. The maximum atomic E-state index is 12.7. The molecule has 1 aromatic heterocycles. The van der Waals surface area contributed by atoms with E-state index in [4.69, 9.17) is 16.6 Å². The molecule has 1 N–H and O–H groups in total. The summed E-state index contributed by atoms with van der Waals surface area (Å²) in [7, 11) is 0. The lowest BCUT2D eigenvalue weighted by Crippen LogP contribution is -2.35. The van der Waals surface area contributed by atoms with Crippen LogP contribution >= 0.6 is 11.6 Å². The van der Waals surface area contributed by atoms with Crippen LogP contribution < -0.4 is 5.56 Å². The molecule has 0 spiro atoms. The molecule has 0 aliphatic carbocycles. The summed E-state index contributed by atoms with van der Waals surface area (Å²) in [5.41, 5.74) is 6.38. The van der Waals surface area contributed by atoms with Crippen LogP contribution in [0.2, 0.25) is 5.02 Å². The standard InChI is InChI=1S/C22H22ClN3O/c1-14-3-4-15(2)17(11-14)12-26-10-9-20-19(13-26)22(27)25-21(24-20)16-5-7-18(23)8-6-16/h3-8,11H,9-10,12-13H2,1-2H3,(H,24,25,27). The Labute approximate surface area is 163 Å². The molecule has 27 heavy (non-hydrogen) atoms. The van der Waals surface area contributed by atoms with Gasteiger partial charge >= 0.3 is 0 Å². The van der Waals surface area contributed by atoms with Crippen LogP contribution in [0.4, 0.5) is 0 Å². The fourth-order valence-electron chi connectivity index (χ4n) is 3.57. The van der Waals surface area contributed by atoms with Gasteiger partial charge in [0, 0.05) is 36.6 Å². The van der Waals surface area contributed by atoms with E-state index >= 15 is 0 Å². The third-order valence-corrected chi connectivity index (χ3v) is 5.42. The van der Waals surface area contributed by atoms with Gasteiger partial charge in [-0.25, -0.2) is 4.98 Å². The largest absolute Gasteiger partial charge is 0.306 e. The summed E-state index contributed by atoms with van der Waals surface area (Å²) >= 11 is 5.95. The van der Waals surface area contributed by atoms with Gasteiger partial charge in [0.2, 0.25) is 0 Å². The number of fused-ring (bicyclic) bond motifs is 1. The molecule has 0 radical (unpaired) electrons. The molecule has 0 bridgehead atoms. The number of H-pyrrole nitrogens is 1. The number of hydrogen-bond donors (Lipinski definition) is 1. The lowest BCUT2D eigenvalue weighted by Gasteiger charge is -2.28. The minimum absolute atomic E-state index is 0.0457. The van der Waals surface area contributed by atoms with Crippen molar-refractivity contribution in [3.8, 4) is 11.4 Å². The van der Waals surface area contributed by atoms with Crippen molar-refractivity contribution in [2.75, 3.05) is 6.54 Å². The van der Waals surface area contributed by atoms with E-state index in [0.717, 1.165) is 36.3 Å². The summed E-state index contributed by atoms with van der Waals surface area (Å²) in [4.78, 5) is 22.7. The lowest BCUT2D eigenvalue weighted by atomic mass is 10.0. The number of rotatable bonds is 3. The van der Waals surface area contributed by atoms with Gasteiger partial charge in [0.05, 0.1) is 11.3 Å². The Morgan fingerprint density at radius 2 is 1.93 bits per heavy atom. The van der Waals surface area contributed by atoms with Crippen molar-refractivity contribution in [1.29, 1.82) is 0 Å². The van der Waals surface area contributed by atoms with E-state index in [1.165, 1.54) is 16.7 Å². The molecule has 1 aliphatic rings. The van der Waals surface area contributed by atoms with Gasteiger partial charge < -0.3 is 4.98 Å². The maximum absolute atomic E-state index is 12.7. The quantitative estimate of drug-likeness (QED) is 0.739. The predicted octanol–water partition coefficient (Wildman–Crippen LogP) is 4.27. The minimum Gasteiger partial charge on any atom is -0.306 e. The summed E-state index contributed by atoms with van der Waals surface area (Å²) in [5, 5.41) is 0.668. The molecule has 2 heterocycles. The number of aromatic amines is 1. The van der Waals surface area contributed by atoms with Crippen LogP contribution in [0.1, 0.15) is 27.9 Å². The Morgan fingerprint density at radius 3 is 2.70 bits per heavy atom. The molecule has 0 atom stereocenters. The molecule has 0 unspecified atom stereocenters. The maximum Gasteiger partial charge on any atom is 0.255 e. The predicted molar refractivity (Wildman–Crippen MR) is 109 cm³/mol. The molecule has 0 fully saturated rings. The van der Waals surface area contributed by atoms with Gasteiger partial charge in [0.1, 0.15) is 5.82 Å². The monoisotopic (exact) mass is 379 g/mol. The molecule has 2 aromatic carbocycles. The van der Waals surface area contributed by atoms with Crippen LogP contribution in [0.3, 0.4) is 0 Å². The fourth-order valence-corrected chi connectivity index (χ4v) is 3.70. The molecule has 138 valence electrons. The van der Waals surface area contributed by atoms with E-state index < -0.39 is 0 Å². The average molecular weight is 380 g/mol. The highest BCUT2D eigenvalue weighted by Crippen LogP contribution is 2.22. The average Bonchev–Trinajstić information content (AvgIpc) is 2.65. The van der Waals surface area contributed by atoms with Crippen LogP contribution in [0.15, 0.2) is 47.3 Å². The van der Waals surface area contributed by atoms with E-state index in [1.54, 1.807) is 0 Å². The lowest BCUT2D eigenvalue weighted by molar-refractivity contribution is 0.241. The molecule has 3 aromatic rings. The molecule has 4 rings (SSSR count). The Morgan fingerprint density at radius 1 is 1.15 bits per heavy atom. The van der Waals surface area contributed by atoms with Gasteiger partial charge in [-0.15, -0.1) is 0 Å². The Bertz CT molecular complexity index is 1040. The van der Waals surface area contributed by atoms with Crippen molar-refractivity contribution >= 4 is 11.6 Å². The Kier molecular flexibility index (Phi) is 4.85. The molecular formula is C22H22ClN3O. The SMILES string of the molecule is Cc1ccc(C)c(CN2CCc3nc(-c4ccc(Cl)cc4)[nH]c(=O)c3C2)c1. The second-order valence-electron chi connectivity index (χ2n) is 7.24. The minimum atomic E-state index is -0.0457. The molecule has 5 heteroatoms. The summed E-state index contributed by atoms with van der Waals surface area (Å²) in [5.74, 6) is 0.610. The first-order valence-corrected chi connectivity index (χ1v) is 9.54. The van der Waals surface area contributed by atoms with E-state index in [-0.39, 0.29) is 5.56 Å². The van der Waals surface area contributed by atoms with E-state index in [0.29, 0.717) is 17.4 Å². The van der Waals surface area contributed by atoms with Gasteiger partial charge in [-0.05, 0) is 49.2 Å². The van der Waals surface area contributed by atoms with E-state index in [9.17, 15) is 4.79 Å². The summed E-state index contributed by atoms with van der Waals surface area (Å²) in [6.45, 7) is 6.63. The van der Waals surface area contributed by atoms with Gasteiger partial charge in [-0.3, -0.25) is 9.69 Å². The van der Waals surface area contributed by atoms with Crippen LogP contribution in [-0.2, 0) is 19.5 Å². The zero-order valence-corrected chi connectivity index (χ0v) is 16.3. The molecule has 0 saturated heterocycles. The smallest absolute Gasteiger partial charge is 0.255 e. The molecular weight excluding hydrogens is 358 g/mol. The number of halogens is 1. The van der Waals surface area contributed by atoms with Crippen molar-refractivity contribution < 1.29 is 0 Å². The van der Waals surface area contributed by atoms with Crippen LogP contribution in [0.25, 0.3) is 11.4 Å². The van der Waals surface area contributed by atoms with Crippen LogP contribution in [-0.4, -0.2) is 21.4 Å². The normalized spacial score (nSPS) is 14.2. The second kappa shape index (κ2) is 7.29. The second-order valence-corrected chi connectivity index (χ2v) is 7.67. The number of aryl methyl sites for hydroxylation is 2. The third-order valence-electron chi connectivity index (χ3n) is 5.16. The first kappa shape index (κ1) is 18.0. The first-order chi connectivity index (χ1) is 13.0. The van der Waals surface area contributed by atoms with Crippen molar-refractivity contribution in [2.45, 2.75) is 33.4 Å². The van der Waals surface area contributed by atoms with Gasteiger partial charge in [0.25, 0.3) is 5.56 Å². The molecule has 0 amide bonds. The van der Waals surface area contributed by atoms with Crippen molar-refractivity contribution in [3.63, 3.8) is 0 Å². The number of benzene rings is 2. The molecule has 0 saturated carbocycles. The van der Waals surface area contributed by atoms with Crippen molar-refractivity contribution in [2.24, 2.45) is 0 Å². The zero-order valence-electron chi connectivity index (χ0n) is 15.6.